The Morgan fingerprint density at radius 2 is 2.00 bits per heavy atom. The standard InChI is InChI=1S/C18H21N5S3/c1-2-7-22(8-3-1)17-20-21-18(23(17)15-4-5-15)26-12-14-11-25-16(19-14)13-6-9-24-10-13/h6,9-11,15H,1-5,7-8,12H2. The number of hydrogen-bond donors (Lipinski definition) is 0. The SMILES string of the molecule is c1cc(-c2nc(CSc3nnc(N4CCCCC4)n3C3CC3)cs2)cs1. The first-order valence-electron chi connectivity index (χ1n) is 9.18. The van der Waals surface area contributed by atoms with Gasteiger partial charge in [-0.3, -0.25) is 4.57 Å². The summed E-state index contributed by atoms with van der Waals surface area (Å²) in [6, 6.07) is 2.73. The Balaban J connectivity index is 1.32. The van der Waals surface area contributed by atoms with E-state index in [9.17, 15) is 0 Å². The van der Waals surface area contributed by atoms with Crippen molar-refractivity contribution in [3.05, 3.63) is 27.9 Å². The molecule has 3 aromatic rings. The molecule has 4 heterocycles. The molecule has 0 atom stereocenters. The number of hydrogen-bond acceptors (Lipinski definition) is 7. The predicted molar refractivity (Wildman–Crippen MR) is 109 cm³/mol. The summed E-state index contributed by atoms with van der Waals surface area (Å²) in [5.41, 5.74) is 2.36. The van der Waals surface area contributed by atoms with Crippen molar-refractivity contribution < 1.29 is 0 Å². The number of anilines is 1. The van der Waals surface area contributed by atoms with Crippen LogP contribution in [-0.4, -0.2) is 32.8 Å². The molecule has 0 amide bonds. The van der Waals surface area contributed by atoms with Crippen LogP contribution in [0.4, 0.5) is 5.95 Å². The van der Waals surface area contributed by atoms with Crippen LogP contribution in [0, 0.1) is 0 Å². The van der Waals surface area contributed by atoms with E-state index in [1.807, 2.05) is 0 Å². The fourth-order valence-corrected chi connectivity index (χ4v) is 5.89. The van der Waals surface area contributed by atoms with Gasteiger partial charge in [0.1, 0.15) is 5.01 Å². The molecule has 0 spiro atoms. The number of piperidine rings is 1. The summed E-state index contributed by atoms with van der Waals surface area (Å²) in [5, 5.41) is 17.7. The second-order valence-electron chi connectivity index (χ2n) is 6.88. The molecule has 2 fully saturated rings. The van der Waals surface area contributed by atoms with Gasteiger partial charge in [-0.15, -0.1) is 21.5 Å². The van der Waals surface area contributed by atoms with E-state index in [2.05, 4.69) is 41.9 Å². The van der Waals surface area contributed by atoms with Crippen LogP contribution >= 0.6 is 34.4 Å². The molecule has 5 rings (SSSR count). The van der Waals surface area contributed by atoms with Crippen LogP contribution in [0.25, 0.3) is 10.6 Å². The van der Waals surface area contributed by atoms with Crippen molar-refractivity contribution >= 4 is 40.4 Å². The Hall–Kier alpha value is -1.38. The van der Waals surface area contributed by atoms with Crippen LogP contribution in [0.3, 0.4) is 0 Å². The lowest BCUT2D eigenvalue weighted by Gasteiger charge is -2.27. The first-order chi connectivity index (χ1) is 12.9. The second-order valence-corrected chi connectivity index (χ2v) is 9.46. The molecule has 0 N–H and O–H groups in total. The molecular weight excluding hydrogens is 382 g/mol. The maximum absolute atomic E-state index is 4.79. The van der Waals surface area contributed by atoms with Gasteiger partial charge < -0.3 is 4.90 Å². The van der Waals surface area contributed by atoms with Gasteiger partial charge >= 0.3 is 0 Å². The molecule has 3 aromatic heterocycles. The topological polar surface area (TPSA) is 46.8 Å². The zero-order valence-electron chi connectivity index (χ0n) is 14.5. The van der Waals surface area contributed by atoms with Gasteiger partial charge in [0.15, 0.2) is 5.16 Å². The van der Waals surface area contributed by atoms with Crippen molar-refractivity contribution in [2.75, 3.05) is 18.0 Å². The van der Waals surface area contributed by atoms with E-state index < -0.39 is 0 Å². The van der Waals surface area contributed by atoms with E-state index >= 15 is 0 Å². The molecule has 0 unspecified atom stereocenters. The lowest BCUT2D eigenvalue weighted by atomic mass is 10.1. The zero-order chi connectivity index (χ0) is 17.3. The first-order valence-corrected chi connectivity index (χ1v) is 12.0. The third-order valence-corrected chi connectivity index (χ3v) is 7.47. The average molecular weight is 404 g/mol. The van der Waals surface area contributed by atoms with Crippen LogP contribution < -0.4 is 4.90 Å². The molecule has 0 radical (unpaired) electrons. The van der Waals surface area contributed by atoms with Gasteiger partial charge in [-0.05, 0) is 43.6 Å². The van der Waals surface area contributed by atoms with E-state index in [4.69, 9.17) is 4.98 Å². The van der Waals surface area contributed by atoms with Crippen LogP contribution in [0.1, 0.15) is 43.8 Å². The molecule has 8 heteroatoms. The molecule has 1 aliphatic heterocycles. The number of aromatic nitrogens is 4. The Morgan fingerprint density at radius 3 is 2.77 bits per heavy atom. The lowest BCUT2D eigenvalue weighted by Crippen LogP contribution is -2.31. The van der Waals surface area contributed by atoms with E-state index in [0.29, 0.717) is 6.04 Å². The van der Waals surface area contributed by atoms with Crippen molar-refractivity contribution in [3.8, 4) is 10.6 Å². The van der Waals surface area contributed by atoms with Gasteiger partial charge in [0, 0.05) is 41.2 Å². The van der Waals surface area contributed by atoms with Gasteiger partial charge in [0.2, 0.25) is 5.95 Å². The molecular formula is C18H21N5S3. The average Bonchev–Trinajstić information content (AvgIpc) is 3.10. The normalized spacial score (nSPS) is 17.8. The largest absolute Gasteiger partial charge is 0.341 e. The fourth-order valence-electron chi connectivity index (χ4n) is 3.36. The van der Waals surface area contributed by atoms with E-state index in [0.717, 1.165) is 40.6 Å². The minimum Gasteiger partial charge on any atom is -0.341 e. The van der Waals surface area contributed by atoms with Gasteiger partial charge in [0.25, 0.3) is 0 Å². The van der Waals surface area contributed by atoms with Gasteiger partial charge in [-0.1, -0.05) is 11.8 Å². The number of thioether (sulfide) groups is 1. The van der Waals surface area contributed by atoms with Gasteiger partial charge in [0.05, 0.1) is 5.69 Å². The lowest BCUT2D eigenvalue weighted by molar-refractivity contribution is 0.548. The van der Waals surface area contributed by atoms with Crippen LogP contribution in [0.15, 0.2) is 27.4 Å². The first kappa shape index (κ1) is 16.8. The Morgan fingerprint density at radius 1 is 1.12 bits per heavy atom. The summed E-state index contributed by atoms with van der Waals surface area (Å²) < 4.78 is 2.39. The quantitative estimate of drug-likeness (QED) is 0.537. The van der Waals surface area contributed by atoms with Crippen LogP contribution in [0.2, 0.25) is 0 Å². The zero-order valence-corrected chi connectivity index (χ0v) is 17.0. The van der Waals surface area contributed by atoms with E-state index in [-0.39, 0.29) is 0 Å². The maximum Gasteiger partial charge on any atom is 0.228 e. The Labute approximate surface area is 165 Å². The highest BCUT2D eigenvalue weighted by molar-refractivity contribution is 7.98. The monoisotopic (exact) mass is 403 g/mol. The summed E-state index contributed by atoms with van der Waals surface area (Å²) in [5.74, 6) is 1.94. The summed E-state index contributed by atoms with van der Waals surface area (Å²) in [7, 11) is 0. The van der Waals surface area contributed by atoms with Gasteiger partial charge in [-0.25, -0.2) is 4.98 Å². The molecule has 2 aliphatic rings. The summed E-state index contributed by atoms with van der Waals surface area (Å²) in [6.07, 6.45) is 6.39. The fraction of sp³-hybridized carbons (Fsp3) is 0.500. The number of thiophene rings is 1. The molecule has 0 aromatic carbocycles. The molecule has 5 nitrogen and oxygen atoms in total. The highest BCUT2D eigenvalue weighted by Gasteiger charge is 2.32. The number of rotatable bonds is 6. The molecule has 1 saturated carbocycles. The maximum atomic E-state index is 4.79. The number of nitrogens with zero attached hydrogens (tertiary/aromatic N) is 5. The minimum absolute atomic E-state index is 0.598. The Bertz CT molecular complexity index is 859. The van der Waals surface area contributed by atoms with Crippen molar-refractivity contribution in [2.45, 2.75) is 49.1 Å². The highest BCUT2D eigenvalue weighted by Crippen LogP contribution is 2.42. The van der Waals surface area contributed by atoms with Crippen LogP contribution in [0.5, 0.6) is 0 Å². The number of thiazole rings is 1. The predicted octanol–water partition coefficient (Wildman–Crippen LogP) is 5.08. The smallest absolute Gasteiger partial charge is 0.228 e. The minimum atomic E-state index is 0.598. The highest BCUT2D eigenvalue weighted by atomic mass is 32.2. The van der Waals surface area contributed by atoms with Crippen molar-refractivity contribution in [2.24, 2.45) is 0 Å². The molecule has 136 valence electrons. The third-order valence-electron chi connectivity index (χ3n) is 4.87. The van der Waals surface area contributed by atoms with E-state index in [1.165, 1.54) is 37.7 Å². The van der Waals surface area contributed by atoms with Crippen molar-refractivity contribution in [3.63, 3.8) is 0 Å². The van der Waals surface area contributed by atoms with Crippen molar-refractivity contribution in [1.82, 2.24) is 19.7 Å². The second kappa shape index (κ2) is 7.32. The summed E-state index contributed by atoms with van der Waals surface area (Å²) in [6.45, 7) is 2.23. The van der Waals surface area contributed by atoms with E-state index in [1.54, 1.807) is 34.4 Å². The molecule has 1 saturated heterocycles. The third kappa shape index (κ3) is 3.42. The van der Waals surface area contributed by atoms with Gasteiger partial charge in [-0.2, -0.15) is 11.3 Å². The molecule has 26 heavy (non-hydrogen) atoms. The molecule has 0 bridgehead atoms. The molecule has 1 aliphatic carbocycles. The van der Waals surface area contributed by atoms with Crippen molar-refractivity contribution in [1.29, 1.82) is 0 Å². The van der Waals surface area contributed by atoms with Crippen LogP contribution in [-0.2, 0) is 5.75 Å². The Kier molecular flexibility index (Phi) is 4.72. The summed E-state index contributed by atoms with van der Waals surface area (Å²) in [4.78, 5) is 7.22. The summed E-state index contributed by atoms with van der Waals surface area (Å²) >= 11 is 5.22.